The first-order valence-corrected chi connectivity index (χ1v) is 11.1. The molecule has 1 aliphatic rings. The van der Waals surface area contributed by atoms with Crippen LogP contribution in [0.3, 0.4) is 0 Å². The summed E-state index contributed by atoms with van der Waals surface area (Å²) in [5.41, 5.74) is 0.807. The summed E-state index contributed by atoms with van der Waals surface area (Å²) < 4.78 is 6.62. The SMILES string of the molecule is C=CCn1c(O)c(C2=Nc3ccccc3SC(c3ccc(OCC)cc3)C2)c(=O)[nH]c1=O. The molecular formula is C24H23N3O4S. The van der Waals surface area contributed by atoms with Crippen LogP contribution in [0.15, 0.2) is 80.7 Å². The lowest BCUT2D eigenvalue weighted by Gasteiger charge is -2.17. The molecule has 0 saturated carbocycles. The lowest BCUT2D eigenvalue weighted by Crippen LogP contribution is -2.34. The smallest absolute Gasteiger partial charge is 0.331 e. The molecule has 0 saturated heterocycles. The van der Waals surface area contributed by atoms with Gasteiger partial charge < -0.3 is 9.84 Å². The van der Waals surface area contributed by atoms with Crippen LogP contribution in [0.25, 0.3) is 0 Å². The van der Waals surface area contributed by atoms with Gasteiger partial charge in [0.1, 0.15) is 11.3 Å². The molecule has 1 aliphatic heterocycles. The van der Waals surface area contributed by atoms with Crippen molar-refractivity contribution in [3.05, 3.63) is 93.2 Å². The molecule has 2 N–H and O–H groups in total. The topological polar surface area (TPSA) is 96.7 Å². The monoisotopic (exact) mass is 449 g/mol. The fourth-order valence-electron chi connectivity index (χ4n) is 3.62. The maximum Gasteiger partial charge on any atom is 0.331 e. The van der Waals surface area contributed by atoms with Gasteiger partial charge in [-0.05, 0) is 36.8 Å². The van der Waals surface area contributed by atoms with Crippen LogP contribution in [0.5, 0.6) is 11.6 Å². The number of fused-ring (bicyclic) bond motifs is 1. The number of benzene rings is 2. The highest BCUT2D eigenvalue weighted by molar-refractivity contribution is 7.99. The van der Waals surface area contributed by atoms with Crippen molar-refractivity contribution in [2.24, 2.45) is 4.99 Å². The maximum absolute atomic E-state index is 12.7. The first kappa shape index (κ1) is 21.7. The number of rotatable bonds is 6. The number of aromatic hydroxyl groups is 1. The van der Waals surface area contributed by atoms with Crippen molar-refractivity contribution < 1.29 is 9.84 Å². The third-order valence-electron chi connectivity index (χ3n) is 5.10. The minimum atomic E-state index is -0.691. The summed E-state index contributed by atoms with van der Waals surface area (Å²) in [5.74, 6) is 0.377. The summed E-state index contributed by atoms with van der Waals surface area (Å²) in [6.45, 7) is 6.20. The average Bonchev–Trinajstić information content (AvgIpc) is 2.97. The number of hydrogen-bond donors (Lipinski definition) is 2. The van der Waals surface area contributed by atoms with Crippen molar-refractivity contribution in [2.75, 3.05) is 6.61 Å². The Hall–Kier alpha value is -3.52. The highest BCUT2D eigenvalue weighted by atomic mass is 32.2. The summed E-state index contributed by atoms with van der Waals surface area (Å²) in [4.78, 5) is 32.9. The molecule has 1 atom stereocenters. The summed E-state index contributed by atoms with van der Waals surface area (Å²) in [6, 6.07) is 15.5. The molecule has 2 aromatic carbocycles. The molecule has 0 aliphatic carbocycles. The Morgan fingerprint density at radius 2 is 2.00 bits per heavy atom. The van der Waals surface area contributed by atoms with Crippen LogP contribution in [0.2, 0.25) is 0 Å². The predicted molar refractivity (Wildman–Crippen MR) is 127 cm³/mol. The van der Waals surface area contributed by atoms with Gasteiger partial charge in [0.25, 0.3) is 5.56 Å². The van der Waals surface area contributed by atoms with E-state index in [0.29, 0.717) is 24.4 Å². The van der Waals surface area contributed by atoms with Crippen LogP contribution in [0.1, 0.15) is 29.7 Å². The van der Waals surface area contributed by atoms with Crippen LogP contribution in [0, 0.1) is 0 Å². The van der Waals surface area contributed by atoms with Gasteiger partial charge in [-0.2, -0.15) is 0 Å². The number of aromatic amines is 1. The van der Waals surface area contributed by atoms with Crippen molar-refractivity contribution in [1.29, 1.82) is 0 Å². The van der Waals surface area contributed by atoms with Crippen molar-refractivity contribution in [2.45, 2.75) is 30.0 Å². The molecule has 1 unspecified atom stereocenters. The Kier molecular flexibility index (Phi) is 6.32. The average molecular weight is 450 g/mol. The molecule has 3 aromatic rings. The van der Waals surface area contributed by atoms with Crippen molar-refractivity contribution in [3.63, 3.8) is 0 Å². The van der Waals surface area contributed by atoms with Crippen LogP contribution >= 0.6 is 11.8 Å². The van der Waals surface area contributed by atoms with E-state index in [4.69, 9.17) is 9.73 Å². The first-order valence-electron chi connectivity index (χ1n) is 10.2. The van der Waals surface area contributed by atoms with Crippen molar-refractivity contribution in [1.82, 2.24) is 9.55 Å². The van der Waals surface area contributed by atoms with E-state index < -0.39 is 17.1 Å². The normalized spacial score (nSPS) is 15.4. The third kappa shape index (κ3) is 4.27. The number of aliphatic imine (C=N–C) groups is 1. The number of H-pyrrole nitrogens is 1. The van der Waals surface area contributed by atoms with Gasteiger partial charge in [-0.25, -0.2) is 4.79 Å². The second-order valence-electron chi connectivity index (χ2n) is 7.20. The van der Waals surface area contributed by atoms with Crippen LogP contribution < -0.4 is 16.0 Å². The van der Waals surface area contributed by atoms with Crippen LogP contribution in [0.4, 0.5) is 5.69 Å². The van der Waals surface area contributed by atoms with Gasteiger partial charge >= 0.3 is 5.69 Å². The number of nitrogens with zero attached hydrogens (tertiary/aromatic N) is 2. The molecule has 4 rings (SSSR count). The van der Waals surface area contributed by atoms with Gasteiger partial charge in [-0.3, -0.25) is 19.3 Å². The van der Waals surface area contributed by atoms with E-state index in [9.17, 15) is 14.7 Å². The van der Waals surface area contributed by atoms with Gasteiger partial charge in [0.15, 0.2) is 0 Å². The molecule has 0 amide bonds. The van der Waals surface area contributed by atoms with Gasteiger partial charge in [-0.15, -0.1) is 18.3 Å². The van der Waals surface area contributed by atoms with Crippen LogP contribution in [-0.4, -0.2) is 27.0 Å². The second kappa shape index (κ2) is 9.32. The van der Waals surface area contributed by atoms with Gasteiger partial charge in [-0.1, -0.05) is 30.3 Å². The molecule has 8 heteroatoms. The summed E-state index contributed by atoms with van der Waals surface area (Å²) in [7, 11) is 0. The molecule has 7 nitrogen and oxygen atoms in total. The minimum Gasteiger partial charge on any atom is -0.494 e. The Bertz CT molecular complexity index is 1290. The maximum atomic E-state index is 12.7. The zero-order valence-electron chi connectivity index (χ0n) is 17.6. The molecule has 1 aromatic heterocycles. The highest BCUT2D eigenvalue weighted by Gasteiger charge is 2.27. The lowest BCUT2D eigenvalue weighted by atomic mass is 10.0. The standard InChI is InChI=1S/C24H23N3O4S/c1-3-13-27-23(29)21(22(28)26-24(27)30)18-14-20(15-9-11-16(12-10-15)31-4-2)32-19-8-6-5-7-17(19)25-18/h3,5-12,20,29H,1,4,13-14H2,2H3,(H,26,28,30). The largest absolute Gasteiger partial charge is 0.494 e. The molecule has 0 fully saturated rings. The summed E-state index contributed by atoms with van der Waals surface area (Å²) >= 11 is 1.64. The minimum absolute atomic E-state index is 0.000287. The molecule has 0 bridgehead atoms. The van der Waals surface area contributed by atoms with Crippen molar-refractivity contribution in [3.8, 4) is 11.6 Å². The molecule has 2 heterocycles. The Morgan fingerprint density at radius 1 is 1.25 bits per heavy atom. The van der Waals surface area contributed by atoms with E-state index in [1.165, 1.54) is 6.08 Å². The number of thioether (sulfide) groups is 1. The first-order chi connectivity index (χ1) is 15.5. The van der Waals surface area contributed by atoms with E-state index in [0.717, 1.165) is 20.8 Å². The Morgan fingerprint density at radius 3 is 2.72 bits per heavy atom. The molecule has 164 valence electrons. The fraction of sp³-hybridized carbons (Fsp3) is 0.208. The van der Waals surface area contributed by atoms with E-state index in [-0.39, 0.29) is 17.4 Å². The molecule has 0 spiro atoms. The number of hydrogen-bond acceptors (Lipinski definition) is 6. The van der Waals surface area contributed by atoms with Gasteiger partial charge in [0.2, 0.25) is 5.88 Å². The number of nitrogens with one attached hydrogen (secondary N) is 1. The van der Waals surface area contributed by atoms with E-state index >= 15 is 0 Å². The van der Waals surface area contributed by atoms with E-state index in [1.54, 1.807) is 11.8 Å². The number of ether oxygens (including phenoxy) is 1. The highest BCUT2D eigenvalue weighted by Crippen LogP contribution is 2.45. The Balaban J connectivity index is 1.84. The molecular weight excluding hydrogens is 426 g/mol. The van der Waals surface area contributed by atoms with Crippen LogP contribution in [-0.2, 0) is 6.54 Å². The van der Waals surface area contributed by atoms with E-state index in [1.807, 2.05) is 55.5 Å². The number of allylic oxidation sites excluding steroid dienone is 1. The van der Waals surface area contributed by atoms with Gasteiger partial charge in [0, 0.05) is 23.1 Å². The lowest BCUT2D eigenvalue weighted by molar-refractivity contribution is 0.340. The second-order valence-corrected chi connectivity index (χ2v) is 8.44. The van der Waals surface area contributed by atoms with Crippen molar-refractivity contribution >= 4 is 23.2 Å². The third-order valence-corrected chi connectivity index (χ3v) is 6.43. The number of para-hydroxylation sites is 1. The number of aromatic nitrogens is 2. The molecule has 0 radical (unpaired) electrons. The predicted octanol–water partition coefficient (Wildman–Crippen LogP) is 4.18. The molecule has 32 heavy (non-hydrogen) atoms. The quantitative estimate of drug-likeness (QED) is 0.550. The summed E-state index contributed by atoms with van der Waals surface area (Å²) in [6.07, 6.45) is 1.86. The zero-order valence-corrected chi connectivity index (χ0v) is 18.4. The van der Waals surface area contributed by atoms with E-state index in [2.05, 4.69) is 11.6 Å². The summed E-state index contributed by atoms with van der Waals surface area (Å²) in [5, 5.41) is 10.8. The fourth-order valence-corrected chi connectivity index (χ4v) is 4.85. The zero-order chi connectivity index (χ0) is 22.7. The van der Waals surface area contributed by atoms with Gasteiger partial charge in [0.05, 0.1) is 18.0 Å². The Labute approximate surface area is 189 Å².